The highest BCUT2D eigenvalue weighted by atomic mass is 79.9. The van der Waals surface area contributed by atoms with Gasteiger partial charge in [0.1, 0.15) is 16.9 Å². The first-order valence-electron chi connectivity index (χ1n) is 13.5. The van der Waals surface area contributed by atoms with Gasteiger partial charge in [0.2, 0.25) is 5.95 Å². The van der Waals surface area contributed by atoms with Gasteiger partial charge >= 0.3 is 6.09 Å². The van der Waals surface area contributed by atoms with Gasteiger partial charge in [0.15, 0.2) is 5.82 Å². The number of ether oxygens (including phenoxy) is 1. The van der Waals surface area contributed by atoms with Crippen molar-refractivity contribution in [3.63, 3.8) is 0 Å². The van der Waals surface area contributed by atoms with Crippen LogP contribution < -0.4 is 10.2 Å². The number of halogens is 3. The molecular formula is C27H37BrClFN6O2. The number of aromatic nitrogens is 2. The van der Waals surface area contributed by atoms with E-state index in [0.717, 1.165) is 32.0 Å². The first-order valence-corrected chi connectivity index (χ1v) is 14.7. The summed E-state index contributed by atoms with van der Waals surface area (Å²) < 4.78 is 21.3. The highest BCUT2D eigenvalue weighted by molar-refractivity contribution is 9.10. The molecule has 38 heavy (non-hydrogen) atoms. The van der Waals surface area contributed by atoms with E-state index in [4.69, 9.17) is 21.3 Å². The molecule has 0 bridgehead atoms. The van der Waals surface area contributed by atoms with Crippen molar-refractivity contribution in [2.45, 2.75) is 90.1 Å². The van der Waals surface area contributed by atoms with Gasteiger partial charge in [-0.1, -0.05) is 11.6 Å². The van der Waals surface area contributed by atoms with Crippen LogP contribution in [0.1, 0.15) is 60.3 Å². The van der Waals surface area contributed by atoms with Crippen molar-refractivity contribution in [3.05, 3.63) is 21.4 Å². The van der Waals surface area contributed by atoms with E-state index in [1.165, 1.54) is 12.8 Å². The van der Waals surface area contributed by atoms with Gasteiger partial charge in [0, 0.05) is 43.6 Å². The van der Waals surface area contributed by atoms with Crippen LogP contribution in [0.4, 0.5) is 21.0 Å². The predicted octanol–water partition coefficient (Wildman–Crippen LogP) is 6.06. The molecule has 1 aromatic carbocycles. The Bertz CT molecular complexity index is 1200. The number of piperidine rings is 1. The molecule has 3 aliphatic rings. The van der Waals surface area contributed by atoms with E-state index in [0.29, 0.717) is 30.2 Å². The van der Waals surface area contributed by atoms with E-state index in [1.54, 1.807) is 11.0 Å². The summed E-state index contributed by atoms with van der Waals surface area (Å²) in [6.07, 6.45) is 4.29. The molecule has 11 heteroatoms. The second kappa shape index (κ2) is 10.6. The van der Waals surface area contributed by atoms with E-state index < -0.39 is 11.4 Å². The number of hydrogen-bond donors (Lipinski definition) is 1. The molecule has 1 aliphatic carbocycles. The number of rotatable bonds is 4. The van der Waals surface area contributed by atoms with E-state index in [2.05, 4.69) is 36.0 Å². The summed E-state index contributed by atoms with van der Waals surface area (Å²) in [6.45, 7) is 12.7. The first kappa shape index (κ1) is 27.6. The van der Waals surface area contributed by atoms with E-state index in [1.807, 2.05) is 34.6 Å². The number of amides is 1. The summed E-state index contributed by atoms with van der Waals surface area (Å²) in [5.74, 6) is 0.528. The van der Waals surface area contributed by atoms with Gasteiger partial charge in [-0.05, 0) is 82.3 Å². The van der Waals surface area contributed by atoms with Crippen molar-refractivity contribution in [1.82, 2.24) is 19.8 Å². The van der Waals surface area contributed by atoms with Gasteiger partial charge in [-0.2, -0.15) is 4.98 Å². The van der Waals surface area contributed by atoms with Crippen molar-refractivity contribution in [3.8, 4) is 0 Å². The Kier molecular flexibility index (Phi) is 7.70. The fourth-order valence-corrected chi connectivity index (χ4v) is 6.16. The number of nitrogens with zero attached hydrogens (tertiary/aromatic N) is 5. The van der Waals surface area contributed by atoms with Crippen LogP contribution in [0.5, 0.6) is 0 Å². The molecule has 2 saturated heterocycles. The van der Waals surface area contributed by atoms with Crippen LogP contribution in [0.25, 0.3) is 10.9 Å². The molecular weight excluding hydrogens is 575 g/mol. The van der Waals surface area contributed by atoms with Gasteiger partial charge in [0.25, 0.3) is 0 Å². The third kappa shape index (κ3) is 5.82. The fraction of sp³-hybridized carbons (Fsp3) is 0.667. The lowest BCUT2D eigenvalue weighted by Gasteiger charge is -2.45. The summed E-state index contributed by atoms with van der Waals surface area (Å²) >= 11 is 9.65. The summed E-state index contributed by atoms with van der Waals surface area (Å²) in [6, 6.07) is 2.43. The van der Waals surface area contributed by atoms with Crippen LogP contribution >= 0.6 is 27.5 Å². The summed E-state index contributed by atoms with van der Waals surface area (Å²) in [4.78, 5) is 28.9. The average molecular weight is 612 g/mol. The number of hydrogen-bond acceptors (Lipinski definition) is 7. The number of benzene rings is 1. The maximum absolute atomic E-state index is 15.4. The second-order valence-electron chi connectivity index (χ2n) is 11.9. The Morgan fingerprint density at radius 2 is 1.76 bits per heavy atom. The fourth-order valence-electron chi connectivity index (χ4n) is 5.66. The normalized spacial score (nSPS) is 23.7. The van der Waals surface area contributed by atoms with Crippen molar-refractivity contribution in [2.75, 3.05) is 36.4 Å². The Balaban J connectivity index is 1.43. The molecule has 5 rings (SSSR count). The highest BCUT2D eigenvalue weighted by Gasteiger charge is 2.37. The molecule has 2 aliphatic heterocycles. The number of likely N-dealkylation sites (tertiary alicyclic amines) is 1. The van der Waals surface area contributed by atoms with Crippen LogP contribution in [-0.2, 0) is 4.74 Å². The van der Waals surface area contributed by atoms with E-state index in [9.17, 15) is 4.79 Å². The third-order valence-corrected chi connectivity index (χ3v) is 8.86. The summed E-state index contributed by atoms with van der Waals surface area (Å²) in [5, 5.41) is 4.31. The Labute approximate surface area is 237 Å². The van der Waals surface area contributed by atoms with Gasteiger partial charge in [-0.15, -0.1) is 0 Å². The SMILES string of the molecule is C[C@@H]1CN(c2nc(NC3CCN(C4CC4)CC3)nc3c(F)c(Br)c(Cl)cc23)C[C@H](C)N1C(=O)OC(C)(C)C. The molecule has 1 N–H and O–H groups in total. The lowest BCUT2D eigenvalue weighted by Crippen LogP contribution is -2.59. The molecule has 0 unspecified atom stereocenters. The quantitative estimate of drug-likeness (QED) is 0.422. The van der Waals surface area contributed by atoms with E-state index in [-0.39, 0.29) is 39.2 Å². The highest BCUT2D eigenvalue weighted by Crippen LogP contribution is 2.37. The molecule has 2 atom stereocenters. The van der Waals surface area contributed by atoms with Gasteiger partial charge < -0.3 is 19.9 Å². The molecule has 0 radical (unpaired) electrons. The number of carbonyl (C=O) groups excluding carboxylic acids is 1. The van der Waals surface area contributed by atoms with Crippen LogP contribution in [-0.4, -0.2) is 81.8 Å². The van der Waals surface area contributed by atoms with E-state index >= 15 is 4.39 Å². The monoisotopic (exact) mass is 610 g/mol. The summed E-state index contributed by atoms with van der Waals surface area (Å²) in [5.41, 5.74) is -0.354. The molecule has 208 valence electrons. The number of carbonyl (C=O) groups is 1. The number of piperazine rings is 1. The summed E-state index contributed by atoms with van der Waals surface area (Å²) in [7, 11) is 0. The van der Waals surface area contributed by atoms with Crippen molar-refractivity contribution in [1.29, 1.82) is 0 Å². The van der Waals surface area contributed by atoms with Crippen LogP contribution in [0, 0.1) is 5.82 Å². The van der Waals surface area contributed by atoms with Crippen LogP contribution in [0.2, 0.25) is 5.02 Å². The lowest BCUT2D eigenvalue weighted by molar-refractivity contribution is 0.00562. The Hall–Kier alpha value is -1.91. The molecule has 0 spiro atoms. The Morgan fingerprint density at radius 3 is 2.34 bits per heavy atom. The minimum atomic E-state index is -0.576. The molecule has 8 nitrogen and oxygen atoms in total. The predicted molar refractivity (Wildman–Crippen MR) is 153 cm³/mol. The topological polar surface area (TPSA) is 73.8 Å². The smallest absolute Gasteiger partial charge is 0.410 e. The maximum Gasteiger partial charge on any atom is 0.410 e. The third-order valence-electron chi connectivity index (χ3n) is 7.56. The van der Waals surface area contributed by atoms with Crippen molar-refractivity contribution < 1.29 is 13.9 Å². The minimum absolute atomic E-state index is 0.141. The zero-order valence-corrected chi connectivity index (χ0v) is 25.1. The zero-order chi connectivity index (χ0) is 27.4. The van der Waals surface area contributed by atoms with Gasteiger partial charge in [-0.3, -0.25) is 4.90 Å². The molecule has 3 fully saturated rings. The zero-order valence-electron chi connectivity index (χ0n) is 22.7. The van der Waals surface area contributed by atoms with Gasteiger partial charge in [-0.25, -0.2) is 14.2 Å². The minimum Gasteiger partial charge on any atom is -0.444 e. The number of anilines is 2. The largest absolute Gasteiger partial charge is 0.444 e. The number of nitrogens with one attached hydrogen (secondary N) is 1. The second-order valence-corrected chi connectivity index (χ2v) is 13.1. The van der Waals surface area contributed by atoms with Crippen molar-refractivity contribution in [2.24, 2.45) is 0 Å². The van der Waals surface area contributed by atoms with Crippen LogP contribution in [0.15, 0.2) is 10.5 Å². The maximum atomic E-state index is 15.4. The molecule has 2 aromatic rings. The average Bonchev–Trinajstić information content (AvgIpc) is 3.67. The van der Waals surface area contributed by atoms with Crippen molar-refractivity contribution >= 4 is 56.3 Å². The first-order chi connectivity index (χ1) is 17.9. The van der Waals surface area contributed by atoms with Gasteiger partial charge in [0.05, 0.1) is 21.6 Å². The number of fused-ring (bicyclic) bond motifs is 1. The molecule has 3 heterocycles. The van der Waals surface area contributed by atoms with Crippen LogP contribution in [0.3, 0.4) is 0 Å². The molecule has 1 amide bonds. The molecule has 1 aromatic heterocycles. The lowest BCUT2D eigenvalue weighted by atomic mass is 10.1. The standard InChI is InChI=1S/C27H37BrClFN6O2/c1-15-13-35(14-16(2)36(15)26(37)38-27(3,4)5)24-19-12-20(29)21(28)22(30)23(19)32-25(33-24)31-17-8-10-34(11-9-17)18-6-7-18/h12,15-18H,6-11,13-14H2,1-5H3,(H,31,32,33)/t15-,16+. The Morgan fingerprint density at radius 1 is 1.13 bits per heavy atom. The molecule has 1 saturated carbocycles.